The molecule has 4 rings (SSSR count). The molecule has 0 aliphatic carbocycles. The summed E-state index contributed by atoms with van der Waals surface area (Å²) in [6, 6.07) is 19.7. The summed E-state index contributed by atoms with van der Waals surface area (Å²) in [6.45, 7) is 0.198. The van der Waals surface area contributed by atoms with Crippen molar-refractivity contribution in [3.63, 3.8) is 0 Å². The van der Waals surface area contributed by atoms with Crippen molar-refractivity contribution in [2.45, 2.75) is 24.4 Å². The van der Waals surface area contributed by atoms with Crippen molar-refractivity contribution in [1.82, 2.24) is 10.6 Å². The van der Waals surface area contributed by atoms with E-state index in [4.69, 9.17) is 11.6 Å². The van der Waals surface area contributed by atoms with Crippen LogP contribution in [-0.4, -0.2) is 34.5 Å². The quantitative estimate of drug-likeness (QED) is 0.294. The lowest BCUT2D eigenvalue weighted by Crippen LogP contribution is -2.66. The van der Waals surface area contributed by atoms with Crippen molar-refractivity contribution in [2.75, 3.05) is 5.75 Å². The summed E-state index contributed by atoms with van der Waals surface area (Å²) in [5.74, 6) is -5.59. The highest BCUT2D eigenvalue weighted by Crippen LogP contribution is 2.52. The van der Waals surface area contributed by atoms with Crippen LogP contribution in [0.25, 0.3) is 0 Å². The summed E-state index contributed by atoms with van der Waals surface area (Å²) in [7, 11) is 0. The van der Waals surface area contributed by atoms with Crippen molar-refractivity contribution in [2.24, 2.45) is 5.92 Å². The minimum absolute atomic E-state index is 0.0183. The van der Waals surface area contributed by atoms with Gasteiger partial charge in [0.1, 0.15) is 0 Å². The van der Waals surface area contributed by atoms with E-state index in [1.807, 2.05) is 17.5 Å². The number of halogens is 4. The van der Waals surface area contributed by atoms with Crippen molar-refractivity contribution >= 4 is 46.4 Å². The minimum atomic E-state index is -5.34. The molecule has 0 bridgehead atoms. The van der Waals surface area contributed by atoms with E-state index in [1.54, 1.807) is 30.3 Å². The van der Waals surface area contributed by atoms with Gasteiger partial charge in [-0.2, -0.15) is 18.4 Å². The van der Waals surface area contributed by atoms with Crippen molar-refractivity contribution in [1.29, 1.82) is 5.26 Å². The molecular formula is C27H21ClF3N3O3S2. The van der Waals surface area contributed by atoms with Gasteiger partial charge in [0.25, 0.3) is 0 Å². The van der Waals surface area contributed by atoms with Gasteiger partial charge in [-0.25, -0.2) is 0 Å². The van der Waals surface area contributed by atoms with Crippen LogP contribution >= 0.6 is 34.7 Å². The number of alkyl halides is 3. The van der Waals surface area contributed by atoms with E-state index in [-0.39, 0.29) is 38.4 Å². The molecular weight excluding hydrogens is 571 g/mol. The first kappa shape index (κ1) is 28.7. The van der Waals surface area contributed by atoms with Gasteiger partial charge in [-0.05, 0) is 28.6 Å². The molecule has 0 unspecified atom stereocenters. The van der Waals surface area contributed by atoms with Crippen LogP contribution in [0, 0.1) is 17.2 Å². The number of thioether (sulfide) groups is 1. The third kappa shape index (κ3) is 5.99. The fraction of sp³-hybridized carbons (Fsp3) is 0.222. The van der Waals surface area contributed by atoms with Crippen LogP contribution < -0.4 is 10.6 Å². The van der Waals surface area contributed by atoms with Gasteiger partial charge in [0, 0.05) is 17.5 Å². The molecule has 39 heavy (non-hydrogen) atoms. The summed E-state index contributed by atoms with van der Waals surface area (Å²) in [5.41, 5.74) is -3.11. The molecule has 6 nitrogen and oxygen atoms in total. The Morgan fingerprint density at radius 2 is 1.82 bits per heavy atom. The Labute approximate surface area is 235 Å². The molecule has 1 amide bonds. The topological polar surface area (TPSA) is 102 Å². The lowest BCUT2D eigenvalue weighted by molar-refractivity contribution is -0.285. The number of Topliss-reactive ketones (excluding diaryl/α,β-unsaturated/α-hetero) is 1. The van der Waals surface area contributed by atoms with Gasteiger partial charge in [0.2, 0.25) is 11.6 Å². The number of hydrogen-bond donors (Lipinski definition) is 3. The third-order valence-electron chi connectivity index (χ3n) is 6.16. The van der Waals surface area contributed by atoms with Gasteiger partial charge in [0.05, 0.1) is 33.2 Å². The van der Waals surface area contributed by atoms with E-state index in [9.17, 15) is 33.1 Å². The molecule has 3 N–H and O–H groups in total. The molecule has 0 saturated heterocycles. The van der Waals surface area contributed by atoms with Crippen LogP contribution in [0.4, 0.5) is 13.2 Å². The Bertz CT molecular complexity index is 1430. The number of amides is 1. The number of benzene rings is 2. The lowest BCUT2D eigenvalue weighted by Gasteiger charge is -2.45. The van der Waals surface area contributed by atoms with E-state index in [0.29, 0.717) is 11.8 Å². The molecule has 0 fully saturated rings. The SMILES string of the molecule is N#CC1=C(SCC(=O)NCc2ccccc2)N[C@](O)(C(F)(F)F)[C@@H](C(=O)c2cccs2)[C@@H]1c1ccccc1Cl. The third-order valence-corrected chi connectivity index (χ3v) is 8.41. The summed E-state index contributed by atoms with van der Waals surface area (Å²) < 4.78 is 43.8. The Balaban J connectivity index is 1.75. The van der Waals surface area contributed by atoms with Crippen LogP contribution in [0.1, 0.15) is 26.7 Å². The van der Waals surface area contributed by atoms with Crippen LogP contribution in [0.2, 0.25) is 5.02 Å². The normalized spacial score (nSPS) is 21.1. The van der Waals surface area contributed by atoms with E-state index >= 15 is 0 Å². The van der Waals surface area contributed by atoms with Gasteiger partial charge >= 0.3 is 6.18 Å². The highest BCUT2D eigenvalue weighted by molar-refractivity contribution is 8.03. The zero-order chi connectivity index (χ0) is 28.2. The Morgan fingerprint density at radius 1 is 1.13 bits per heavy atom. The molecule has 12 heteroatoms. The first-order valence-corrected chi connectivity index (χ1v) is 13.8. The number of carbonyl (C=O) groups excluding carboxylic acids is 2. The molecule has 0 saturated carbocycles. The van der Waals surface area contributed by atoms with E-state index < -0.39 is 35.4 Å². The average molecular weight is 592 g/mol. The van der Waals surface area contributed by atoms with E-state index in [0.717, 1.165) is 16.9 Å². The Hall–Kier alpha value is -3.30. The van der Waals surface area contributed by atoms with Crippen molar-refractivity contribution < 1.29 is 27.9 Å². The van der Waals surface area contributed by atoms with Crippen LogP contribution in [0.5, 0.6) is 0 Å². The van der Waals surface area contributed by atoms with Crippen LogP contribution in [0.15, 0.2) is 82.7 Å². The maximum absolute atomic E-state index is 14.6. The smallest absolute Gasteiger partial charge is 0.363 e. The number of nitrogens with zero attached hydrogens (tertiary/aromatic N) is 1. The number of thiophene rings is 1. The minimum Gasteiger partial charge on any atom is -0.363 e. The molecule has 3 aromatic rings. The number of carbonyl (C=O) groups is 2. The molecule has 3 atom stereocenters. The van der Waals surface area contributed by atoms with E-state index in [1.165, 1.54) is 35.7 Å². The first-order valence-electron chi connectivity index (χ1n) is 11.5. The van der Waals surface area contributed by atoms with Crippen LogP contribution in [0.3, 0.4) is 0 Å². The number of rotatable bonds is 8. The largest absolute Gasteiger partial charge is 0.437 e. The molecule has 0 radical (unpaired) electrons. The van der Waals surface area contributed by atoms with Gasteiger partial charge < -0.3 is 15.7 Å². The second kappa shape index (κ2) is 11.8. The second-order valence-electron chi connectivity index (χ2n) is 8.61. The number of allylic oxidation sites excluding steroid dienone is 1. The molecule has 1 aromatic heterocycles. The number of nitriles is 1. The first-order chi connectivity index (χ1) is 18.6. The Morgan fingerprint density at radius 3 is 2.44 bits per heavy atom. The van der Waals surface area contributed by atoms with Gasteiger partial charge in [-0.15, -0.1) is 11.3 Å². The average Bonchev–Trinajstić information content (AvgIpc) is 3.45. The zero-order valence-corrected chi connectivity index (χ0v) is 22.4. The monoisotopic (exact) mass is 591 g/mol. The maximum Gasteiger partial charge on any atom is 0.437 e. The van der Waals surface area contributed by atoms with Gasteiger partial charge in [-0.3, -0.25) is 9.59 Å². The molecule has 1 aliphatic rings. The van der Waals surface area contributed by atoms with Crippen molar-refractivity contribution in [3.8, 4) is 6.07 Å². The lowest BCUT2D eigenvalue weighted by atomic mass is 9.70. The van der Waals surface area contributed by atoms with Gasteiger partial charge in [0.15, 0.2) is 5.78 Å². The highest BCUT2D eigenvalue weighted by Gasteiger charge is 2.66. The Kier molecular flexibility index (Phi) is 8.71. The predicted molar refractivity (Wildman–Crippen MR) is 144 cm³/mol. The number of ketones is 1. The number of hydrogen-bond acceptors (Lipinski definition) is 7. The summed E-state index contributed by atoms with van der Waals surface area (Å²) in [6.07, 6.45) is -5.34. The molecule has 1 aliphatic heterocycles. The number of aliphatic hydroxyl groups is 1. The zero-order valence-electron chi connectivity index (χ0n) is 20.0. The summed E-state index contributed by atoms with van der Waals surface area (Å²) >= 11 is 7.91. The second-order valence-corrected chi connectivity index (χ2v) is 11.0. The summed E-state index contributed by atoms with van der Waals surface area (Å²) in [5, 5.41) is 27.2. The molecule has 2 aromatic carbocycles. The fourth-order valence-electron chi connectivity index (χ4n) is 4.31. The highest BCUT2D eigenvalue weighted by atomic mass is 35.5. The standard InChI is InChI=1S/C27H21ClF3N3O3S2/c28-19-10-5-4-9-17(19)22-18(13-32)25(39-15-21(35)33-14-16-7-2-1-3-8-16)34-26(37,27(29,30)31)23(22)24(36)20-11-6-12-38-20/h1-12,22-23,34,37H,14-15H2,(H,33,35)/t22-,23-,26-/m1/s1. The molecule has 202 valence electrons. The summed E-state index contributed by atoms with van der Waals surface area (Å²) in [4.78, 5) is 26.0. The fourth-order valence-corrected chi connectivity index (χ4v) is 6.20. The van der Waals surface area contributed by atoms with Crippen LogP contribution in [-0.2, 0) is 11.3 Å². The molecule has 0 spiro atoms. The van der Waals surface area contributed by atoms with E-state index in [2.05, 4.69) is 5.32 Å². The van der Waals surface area contributed by atoms with Crippen molar-refractivity contribution in [3.05, 3.63) is 104 Å². The molecule has 2 heterocycles. The number of nitrogens with one attached hydrogen (secondary N) is 2. The predicted octanol–water partition coefficient (Wildman–Crippen LogP) is 5.62. The maximum atomic E-state index is 14.6. The van der Waals surface area contributed by atoms with Gasteiger partial charge in [-0.1, -0.05) is 78.0 Å².